The van der Waals surface area contributed by atoms with Crippen molar-refractivity contribution in [1.29, 1.82) is 0 Å². The molecule has 3 heterocycles. The Bertz CT molecular complexity index is 1170. The van der Waals surface area contributed by atoms with E-state index in [4.69, 9.17) is 0 Å². The van der Waals surface area contributed by atoms with Crippen LogP contribution >= 0.6 is 0 Å². The van der Waals surface area contributed by atoms with E-state index in [0.717, 1.165) is 12.1 Å². The number of hydrogen-bond donors (Lipinski definition) is 0. The molecule has 1 aromatic carbocycles. The second-order valence-electron chi connectivity index (χ2n) is 7.27. The summed E-state index contributed by atoms with van der Waals surface area (Å²) in [6, 6.07) is 9.93. The van der Waals surface area contributed by atoms with Gasteiger partial charge in [0.15, 0.2) is 11.2 Å². The van der Waals surface area contributed by atoms with Crippen LogP contribution < -0.4 is 21.3 Å². The molecule has 0 saturated carbocycles. The van der Waals surface area contributed by atoms with E-state index < -0.39 is 23.8 Å². The summed E-state index contributed by atoms with van der Waals surface area (Å²) in [5.74, 6) is -0.633. The molecule has 0 aliphatic carbocycles. The van der Waals surface area contributed by atoms with Gasteiger partial charge in [0.2, 0.25) is 5.95 Å². The minimum atomic E-state index is -1.49. The Balaban J connectivity index is 1.92. The van der Waals surface area contributed by atoms with Crippen molar-refractivity contribution < 1.29 is 9.90 Å². The normalized spacial score (nSPS) is 16.4. The van der Waals surface area contributed by atoms with Gasteiger partial charge in [-0.3, -0.25) is 13.9 Å². The van der Waals surface area contributed by atoms with Crippen LogP contribution in [0.5, 0.6) is 0 Å². The number of fused-ring (bicyclic) bond motifs is 3. The van der Waals surface area contributed by atoms with E-state index in [9.17, 15) is 19.5 Å². The number of anilines is 1. The Hall–Kier alpha value is -3.36. The number of aryl methyl sites for hydroxylation is 1. The predicted octanol–water partition coefficient (Wildman–Crippen LogP) is -0.697. The molecule has 0 N–H and O–H groups in total. The van der Waals surface area contributed by atoms with Crippen LogP contribution in [-0.4, -0.2) is 31.2 Å². The standard InChI is InChI=1S/C19H21N5O4/c1-12-8-22(10-13-6-4-3-5-7-13)18-20-16-15(23(18)9-12)17(27)24(11-14(25)26)19(28)21(16)2/h3-7,12H,8-11H2,1-2H3,(H,25,26)/p-1/t12-/m1/s1. The molecule has 9 heteroatoms. The van der Waals surface area contributed by atoms with E-state index >= 15 is 0 Å². The van der Waals surface area contributed by atoms with Crippen molar-refractivity contribution in [2.45, 2.75) is 26.6 Å². The molecule has 0 spiro atoms. The molecule has 1 aliphatic rings. The molecule has 0 unspecified atom stereocenters. The Morgan fingerprint density at radius 3 is 2.61 bits per heavy atom. The summed E-state index contributed by atoms with van der Waals surface area (Å²) >= 11 is 0. The maximum atomic E-state index is 12.9. The number of carboxylic acid groups (broad SMARTS) is 1. The highest BCUT2D eigenvalue weighted by Crippen LogP contribution is 2.28. The highest BCUT2D eigenvalue weighted by molar-refractivity contribution is 5.75. The summed E-state index contributed by atoms with van der Waals surface area (Å²) in [5.41, 5.74) is 0.225. The molecule has 1 atom stereocenters. The average Bonchev–Trinajstić information content (AvgIpc) is 3.04. The van der Waals surface area contributed by atoms with Gasteiger partial charge in [-0.2, -0.15) is 4.98 Å². The molecular formula is C19H20N5O4-. The lowest BCUT2D eigenvalue weighted by Gasteiger charge is -2.33. The summed E-state index contributed by atoms with van der Waals surface area (Å²) in [4.78, 5) is 43.0. The highest BCUT2D eigenvalue weighted by atomic mass is 16.4. The zero-order valence-electron chi connectivity index (χ0n) is 15.7. The van der Waals surface area contributed by atoms with Crippen LogP contribution in [0.25, 0.3) is 11.2 Å². The molecule has 0 amide bonds. The molecular weight excluding hydrogens is 362 g/mol. The van der Waals surface area contributed by atoms with Crippen molar-refractivity contribution in [2.75, 3.05) is 11.4 Å². The van der Waals surface area contributed by atoms with E-state index in [-0.39, 0.29) is 17.1 Å². The largest absolute Gasteiger partial charge is 0.548 e. The molecule has 2 aromatic heterocycles. The van der Waals surface area contributed by atoms with Crippen LogP contribution in [0.15, 0.2) is 39.9 Å². The van der Waals surface area contributed by atoms with Gasteiger partial charge in [0.05, 0.1) is 12.5 Å². The van der Waals surface area contributed by atoms with Crippen LogP contribution in [0.2, 0.25) is 0 Å². The smallest absolute Gasteiger partial charge is 0.332 e. The molecule has 0 fully saturated rings. The number of carbonyl (C=O) groups excluding carboxylic acids is 1. The number of carboxylic acids is 1. The summed E-state index contributed by atoms with van der Waals surface area (Å²) in [6.45, 7) is 3.24. The Kier molecular flexibility index (Phi) is 4.29. The first-order valence-electron chi connectivity index (χ1n) is 9.05. The highest BCUT2D eigenvalue weighted by Gasteiger charge is 2.29. The summed E-state index contributed by atoms with van der Waals surface area (Å²) in [5, 5.41) is 11.0. The second-order valence-corrected chi connectivity index (χ2v) is 7.27. The Labute approximate surface area is 160 Å². The Morgan fingerprint density at radius 2 is 1.93 bits per heavy atom. The lowest BCUT2D eigenvalue weighted by molar-refractivity contribution is -0.306. The number of nitrogens with zero attached hydrogens (tertiary/aromatic N) is 5. The van der Waals surface area contributed by atoms with E-state index in [2.05, 4.69) is 16.8 Å². The minimum absolute atomic E-state index is 0.239. The third-order valence-corrected chi connectivity index (χ3v) is 5.02. The lowest BCUT2D eigenvalue weighted by Crippen LogP contribution is -2.44. The zero-order chi connectivity index (χ0) is 20.0. The molecule has 4 rings (SSSR count). The fourth-order valence-electron chi connectivity index (χ4n) is 3.81. The number of hydrogen-bond acceptors (Lipinski definition) is 6. The first-order chi connectivity index (χ1) is 13.4. The monoisotopic (exact) mass is 382 g/mol. The van der Waals surface area contributed by atoms with Gasteiger partial charge < -0.3 is 19.4 Å². The molecule has 1 aliphatic heterocycles. The molecule has 9 nitrogen and oxygen atoms in total. The molecule has 146 valence electrons. The Morgan fingerprint density at radius 1 is 1.21 bits per heavy atom. The predicted molar refractivity (Wildman–Crippen MR) is 101 cm³/mol. The number of aliphatic carboxylic acids is 1. The SMILES string of the molecule is C[C@@H]1CN(Cc2ccccc2)c2nc3c(c(=O)n(CC(=O)[O-])c(=O)n3C)n2C1. The van der Waals surface area contributed by atoms with E-state index in [0.29, 0.717) is 23.6 Å². The van der Waals surface area contributed by atoms with E-state index in [1.54, 1.807) is 4.57 Å². The molecule has 0 bridgehead atoms. The second kappa shape index (κ2) is 6.66. The van der Waals surface area contributed by atoms with Crippen molar-refractivity contribution in [3.8, 4) is 0 Å². The van der Waals surface area contributed by atoms with Crippen LogP contribution in [0, 0.1) is 5.92 Å². The third kappa shape index (κ3) is 2.88. The quantitative estimate of drug-likeness (QED) is 0.591. The van der Waals surface area contributed by atoms with Gasteiger partial charge in [0.25, 0.3) is 5.56 Å². The van der Waals surface area contributed by atoms with Gasteiger partial charge in [-0.25, -0.2) is 4.79 Å². The van der Waals surface area contributed by atoms with Crippen molar-refractivity contribution in [3.05, 3.63) is 56.7 Å². The third-order valence-electron chi connectivity index (χ3n) is 5.02. The summed E-state index contributed by atoms with van der Waals surface area (Å²) < 4.78 is 3.70. The van der Waals surface area contributed by atoms with Crippen LogP contribution in [0.4, 0.5) is 5.95 Å². The topological polar surface area (TPSA) is 105 Å². The number of rotatable bonds is 4. The molecule has 3 aromatic rings. The van der Waals surface area contributed by atoms with Gasteiger partial charge in [0.1, 0.15) is 0 Å². The zero-order valence-corrected chi connectivity index (χ0v) is 15.7. The van der Waals surface area contributed by atoms with E-state index in [1.165, 1.54) is 11.6 Å². The van der Waals surface area contributed by atoms with Crippen LogP contribution in [0.1, 0.15) is 12.5 Å². The van der Waals surface area contributed by atoms with Crippen molar-refractivity contribution in [1.82, 2.24) is 18.7 Å². The fourth-order valence-corrected chi connectivity index (χ4v) is 3.81. The van der Waals surface area contributed by atoms with Gasteiger partial charge in [0, 0.05) is 26.7 Å². The van der Waals surface area contributed by atoms with Gasteiger partial charge in [-0.1, -0.05) is 37.3 Å². The maximum Gasteiger partial charge on any atom is 0.332 e. The number of carbonyl (C=O) groups is 1. The van der Waals surface area contributed by atoms with Crippen molar-refractivity contribution in [2.24, 2.45) is 13.0 Å². The molecule has 28 heavy (non-hydrogen) atoms. The first-order valence-corrected chi connectivity index (χ1v) is 9.05. The van der Waals surface area contributed by atoms with E-state index in [1.807, 2.05) is 30.3 Å². The average molecular weight is 382 g/mol. The van der Waals surface area contributed by atoms with Crippen LogP contribution in [0.3, 0.4) is 0 Å². The van der Waals surface area contributed by atoms with Gasteiger partial charge >= 0.3 is 5.69 Å². The van der Waals surface area contributed by atoms with Crippen molar-refractivity contribution >= 4 is 23.1 Å². The lowest BCUT2D eigenvalue weighted by atomic mass is 10.1. The summed E-state index contributed by atoms with van der Waals surface area (Å²) in [7, 11) is 1.49. The van der Waals surface area contributed by atoms with Gasteiger partial charge in [-0.15, -0.1) is 0 Å². The number of benzene rings is 1. The number of imidazole rings is 1. The van der Waals surface area contributed by atoms with Gasteiger partial charge in [-0.05, 0) is 11.5 Å². The fraction of sp³-hybridized carbons (Fsp3) is 0.368. The molecule has 0 saturated heterocycles. The molecule has 0 radical (unpaired) electrons. The summed E-state index contributed by atoms with van der Waals surface area (Å²) in [6.07, 6.45) is 0. The minimum Gasteiger partial charge on any atom is -0.548 e. The van der Waals surface area contributed by atoms with Crippen molar-refractivity contribution in [3.63, 3.8) is 0 Å². The number of aromatic nitrogens is 4. The maximum absolute atomic E-state index is 12.9. The first kappa shape index (κ1) is 18.0. The van der Waals surface area contributed by atoms with Crippen LogP contribution in [-0.2, 0) is 31.5 Å².